The Morgan fingerprint density at radius 3 is 2.75 bits per heavy atom. The zero-order valence-electron chi connectivity index (χ0n) is 16.4. The third-order valence-corrected chi connectivity index (χ3v) is 6.27. The van der Waals surface area contributed by atoms with Crippen molar-refractivity contribution in [2.24, 2.45) is 0 Å². The van der Waals surface area contributed by atoms with Crippen LogP contribution in [0.4, 0.5) is 4.79 Å². The molecule has 2 aliphatic carbocycles. The molecule has 0 aliphatic heterocycles. The lowest BCUT2D eigenvalue weighted by Gasteiger charge is -2.36. The Bertz CT molecular complexity index is 829. The van der Waals surface area contributed by atoms with E-state index in [0.29, 0.717) is 12.8 Å². The van der Waals surface area contributed by atoms with E-state index >= 15 is 0 Å². The lowest BCUT2D eigenvalue weighted by Crippen LogP contribution is -2.47. The van der Waals surface area contributed by atoms with Crippen molar-refractivity contribution >= 4 is 6.03 Å². The van der Waals surface area contributed by atoms with Crippen molar-refractivity contribution in [3.8, 4) is 0 Å². The first-order valence-electron chi connectivity index (χ1n) is 10.3. The van der Waals surface area contributed by atoms with Crippen LogP contribution >= 0.6 is 0 Å². The molecule has 1 unspecified atom stereocenters. The topological polar surface area (TPSA) is 74.2 Å². The van der Waals surface area contributed by atoms with Crippen LogP contribution in [0.2, 0.25) is 0 Å². The van der Waals surface area contributed by atoms with Gasteiger partial charge in [0.15, 0.2) is 0 Å². The van der Waals surface area contributed by atoms with Gasteiger partial charge in [-0.2, -0.15) is 0 Å². The minimum absolute atomic E-state index is 0.0829. The Morgan fingerprint density at radius 1 is 1.18 bits per heavy atom. The molecule has 5 heteroatoms. The number of aromatic nitrogens is 1. The van der Waals surface area contributed by atoms with E-state index in [1.165, 1.54) is 16.7 Å². The van der Waals surface area contributed by atoms with Crippen LogP contribution in [0, 0.1) is 6.92 Å². The Morgan fingerprint density at radius 2 is 2.00 bits per heavy atom. The molecule has 28 heavy (non-hydrogen) atoms. The van der Waals surface area contributed by atoms with Crippen molar-refractivity contribution in [3.63, 3.8) is 0 Å². The Labute approximate surface area is 166 Å². The second-order valence-corrected chi connectivity index (χ2v) is 8.31. The molecule has 0 bridgehead atoms. The molecule has 0 saturated heterocycles. The summed E-state index contributed by atoms with van der Waals surface area (Å²) in [6.45, 7) is 2.09. The van der Waals surface area contributed by atoms with Crippen LogP contribution in [0.25, 0.3) is 0 Å². The number of amides is 2. The number of carbonyl (C=O) groups is 1. The van der Waals surface area contributed by atoms with Crippen LogP contribution in [0.3, 0.4) is 0 Å². The summed E-state index contributed by atoms with van der Waals surface area (Å²) >= 11 is 0. The van der Waals surface area contributed by atoms with E-state index in [4.69, 9.17) is 0 Å². The quantitative estimate of drug-likeness (QED) is 0.757. The second kappa shape index (κ2) is 7.92. The average molecular weight is 380 g/mol. The van der Waals surface area contributed by atoms with E-state index in [0.717, 1.165) is 37.7 Å². The molecule has 5 nitrogen and oxygen atoms in total. The monoisotopic (exact) mass is 379 g/mol. The van der Waals surface area contributed by atoms with Crippen molar-refractivity contribution < 1.29 is 9.90 Å². The van der Waals surface area contributed by atoms with Gasteiger partial charge in [0.2, 0.25) is 0 Å². The lowest BCUT2D eigenvalue weighted by molar-refractivity contribution is -0.00764. The zero-order valence-corrected chi connectivity index (χ0v) is 16.4. The number of urea groups is 1. The summed E-state index contributed by atoms with van der Waals surface area (Å²) in [4.78, 5) is 16.7. The number of hydrogen-bond acceptors (Lipinski definition) is 3. The highest BCUT2D eigenvalue weighted by Crippen LogP contribution is 2.37. The smallest absolute Gasteiger partial charge is 0.315 e. The molecule has 3 N–H and O–H groups in total. The number of benzene rings is 1. The predicted molar refractivity (Wildman–Crippen MR) is 109 cm³/mol. The van der Waals surface area contributed by atoms with Crippen molar-refractivity contribution in [2.75, 3.05) is 0 Å². The van der Waals surface area contributed by atoms with E-state index < -0.39 is 5.60 Å². The maximum Gasteiger partial charge on any atom is 0.315 e. The summed E-state index contributed by atoms with van der Waals surface area (Å²) in [6, 6.07) is 10.4. The fraction of sp³-hybridized carbons (Fsp3) is 0.478. The predicted octanol–water partition coefficient (Wildman–Crippen LogP) is 3.90. The number of nitrogens with zero attached hydrogens (tertiary/aromatic N) is 1. The molecule has 2 aliphatic rings. The molecular formula is C23H29N3O2. The summed E-state index contributed by atoms with van der Waals surface area (Å²) < 4.78 is 0. The van der Waals surface area contributed by atoms with E-state index in [1.807, 2.05) is 12.1 Å². The highest BCUT2D eigenvalue weighted by atomic mass is 16.3. The van der Waals surface area contributed by atoms with Gasteiger partial charge in [-0.1, -0.05) is 29.8 Å². The van der Waals surface area contributed by atoms with Gasteiger partial charge < -0.3 is 15.7 Å². The van der Waals surface area contributed by atoms with Crippen LogP contribution in [-0.4, -0.2) is 22.2 Å². The van der Waals surface area contributed by atoms with Crippen molar-refractivity contribution in [1.82, 2.24) is 15.6 Å². The SMILES string of the molecule is Cc1ccc2c(c1)C(NC(=O)NC1CCC(O)(c3cccnc3)CC1)CCC2. The summed E-state index contributed by atoms with van der Waals surface area (Å²) in [5, 5.41) is 17.2. The van der Waals surface area contributed by atoms with Gasteiger partial charge in [-0.3, -0.25) is 4.98 Å². The van der Waals surface area contributed by atoms with Gasteiger partial charge in [0.1, 0.15) is 0 Å². The molecule has 2 aromatic rings. The third-order valence-electron chi connectivity index (χ3n) is 6.27. The maximum absolute atomic E-state index is 12.6. The number of rotatable bonds is 3. The fourth-order valence-electron chi connectivity index (χ4n) is 4.62. The number of carbonyl (C=O) groups excluding carboxylic acids is 1. The van der Waals surface area contributed by atoms with Crippen LogP contribution in [-0.2, 0) is 12.0 Å². The molecule has 1 atom stereocenters. The molecule has 1 heterocycles. The summed E-state index contributed by atoms with van der Waals surface area (Å²) in [7, 11) is 0. The molecule has 0 radical (unpaired) electrons. The molecule has 0 spiro atoms. The molecule has 1 saturated carbocycles. The summed E-state index contributed by atoms with van der Waals surface area (Å²) in [5.41, 5.74) is 3.88. The van der Waals surface area contributed by atoms with E-state index in [1.54, 1.807) is 12.4 Å². The first-order chi connectivity index (χ1) is 13.5. The largest absolute Gasteiger partial charge is 0.385 e. The highest BCUT2D eigenvalue weighted by molar-refractivity contribution is 5.75. The average Bonchev–Trinajstić information content (AvgIpc) is 2.71. The van der Waals surface area contributed by atoms with Gasteiger partial charge in [0.05, 0.1) is 11.6 Å². The molecular weight excluding hydrogens is 350 g/mol. The van der Waals surface area contributed by atoms with E-state index in [2.05, 4.69) is 40.7 Å². The highest BCUT2D eigenvalue weighted by Gasteiger charge is 2.35. The van der Waals surface area contributed by atoms with Crippen LogP contribution < -0.4 is 10.6 Å². The Kier molecular flexibility index (Phi) is 5.36. The second-order valence-electron chi connectivity index (χ2n) is 8.31. The first kappa shape index (κ1) is 18.9. The van der Waals surface area contributed by atoms with Gasteiger partial charge >= 0.3 is 6.03 Å². The molecule has 148 valence electrons. The van der Waals surface area contributed by atoms with Crippen LogP contribution in [0.5, 0.6) is 0 Å². The summed E-state index contributed by atoms with van der Waals surface area (Å²) in [6.07, 6.45) is 9.42. The van der Waals surface area contributed by atoms with Gasteiger partial charge in [0.25, 0.3) is 0 Å². The lowest BCUT2D eigenvalue weighted by atomic mass is 9.78. The van der Waals surface area contributed by atoms with Gasteiger partial charge in [-0.15, -0.1) is 0 Å². The van der Waals surface area contributed by atoms with Gasteiger partial charge in [-0.25, -0.2) is 4.79 Å². The van der Waals surface area contributed by atoms with E-state index in [9.17, 15) is 9.90 Å². The fourth-order valence-corrected chi connectivity index (χ4v) is 4.62. The minimum Gasteiger partial charge on any atom is -0.385 e. The van der Waals surface area contributed by atoms with Gasteiger partial charge in [-0.05, 0) is 69.1 Å². The summed E-state index contributed by atoms with van der Waals surface area (Å²) in [5.74, 6) is 0. The number of aryl methyl sites for hydroxylation is 2. The maximum atomic E-state index is 12.6. The molecule has 1 fully saturated rings. The van der Waals surface area contributed by atoms with Gasteiger partial charge in [0, 0.05) is 24.0 Å². The molecule has 1 aromatic heterocycles. The van der Waals surface area contributed by atoms with Crippen molar-refractivity contribution in [2.45, 2.75) is 69.6 Å². The number of hydrogen-bond donors (Lipinski definition) is 3. The zero-order chi connectivity index (χ0) is 19.6. The molecule has 1 aromatic carbocycles. The number of aliphatic hydroxyl groups is 1. The first-order valence-corrected chi connectivity index (χ1v) is 10.3. The molecule has 2 amide bonds. The number of nitrogens with one attached hydrogen (secondary N) is 2. The van der Waals surface area contributed by atoms with Crippen molar-refractivity contribution in [3.05, 3.63) is 65.0 Å². The normalized spacial score (nSPS) is 26.9. The van der Waals surface area contributed by atoms with Crippen LogP contribution in [0.1, 0.15) is 66.8 Å². The van der Waals surface area contributed by atoms with E-state index in [-0.39, 0.29) is 18.1 Å². The molecule has 4 rings (SSSR count). The van der Waals surface area contributed by atoms with Crippen molar-refractivity contribution in [1.29, 1.82) is 0 Å². The minimum atomic E-state index is -0.831. The third kappa shape index (κ3) is 4.04. The van der Waals surface area contributed by atoms with Crippen LogP contribution in [0.15, 0.2) is 42.7 Å². The Balaban J connectivity index is 1.33. The number of fused-ring (bicyclic) bond motifs is 1. The standard InChI is InChI=1S/C23H29N3O2/c1-16-7-8-17-4-2-6-21(20(17)14-16)26-22(27)25-19-9-11-23(28,12-10-19)18-5-3-13-24-15-18/h3,5,7-8,13-15,19,21,28H,2,4,6,9-12H2,1H3,(H2,25,26,27). The number of pyridine rings is 1. The Hall–Kier alpha value is -2.40.